The van der Waals surface area contributed by atoms with Crippen molar-refractivity contribution in [3.63, 3.8) is 0 Å². The molecule has 1 aromatic rings. The lowest BCUT2D eigenvalue weighted by molar-refractivity contribution is -0.127. The van der Waals surface area contributed by atoms with E-state index in [1.54, 1.807) is 11.8 Å². The lowest BCUT2D eigenvalue weighted by Gasteiger charge is -2.34. The summed E-state index contributed by atoms with van der Waals surface area (Å²) < 4.78 is 2.07. The molecule has 0 bridgehead atoms. The molecular formula is C14H19N3O2. The first-order valence-electron chi connectivity index (χ1n) is 6.94. The second-order valence-electron chi connectivity index (χ2n) is 5.35. The third-order valence-electron chi connectivity index (χ3n) is 4.23. The normalized spacial score (nSPS) is 23.9. The second-order valence-corrected chi connectivity index (χ2v) is 5.35. The topological polar surface area (TPSA) is 54.3 Å². The molecule has 1 aromatic heterocycles. The Morgan fingerprint density at radius 1 is 1.42 bits per heavy atom. The molecule has 2 fully saturated rings. The van der Waals surface area contributed by atoms with Gasteiger partial charge in [-0.1, -0.05) is 0 Å². The van der Waals surface area contributed by atoms with Crippen molar-refractivity contribution in [3.05, 3.63) is 24.0 Å². The van der Waals surface area contributed by atoms with E-state index in [0.29, 0.717) is 24.8 Å². The Morgan fingerprint density at radius 2 is 2.21 bits per heavy atom. The number of rotatable bonds is 2. The van der Waals surface area contributed by atoms with E-state index in [4.69, 9.17) is 0 Å². The van der Waals surface area contributed by atoms with Crippen molar-refractivity contribution >= 4 is 11.8 Å². The maximum absolute atomic E-state index is 12.6. The van der Waals surface area contributed by atoms with E-state index in [-0.39, 0.29) is 17.9 Å². The zero-order valence-corrected chi connectivity index (χ0v) is 11.1. The molecule has 1 unspecified atom stereocenters. The number of nitrogens with zero attached hydrogens (tertiary/aromatic N) is 2. The molecule has 1 atom stereocenters. The standard InChI is InChI=1S/C14H19N3O2/c1-10-13(18)15-7-9-16(10)14(19)12-6-3-8-17(12)11-4-2-5-11/h3,6,8,10-11H,2,4-5,7,9H2,1H3,(H,15,18). The van der Waals surface area contributed by atoms with Crippen molar-refractivity contribution in [2.24, 2.45) is 0 Å². The summed E-state index contributed by atoms with van der Waals surface area (Å²) in [6.45, 7) is 2.91. The molecule has 1 aliphatic carbocycles. The fourth-order valence-electron chi connectivity index (χ4n) is 2.77. The summed E-state index contributed by atoms with van der Waals surface area (Å²) >= 11 is 0. The van der Waals surface area contributed by atoms with Crippen LogP contribution in [0.5, 0.6) is 0 Å². The van der Waals surface area contributed by atoms with Crippen LogP contribution in [0.4, 0.5) is 0 Å². The Kier molecular flexibility index (Phi) is 3.05. The zero-order chi connectivity index (χ0) is 13.4. The monoisotopic (exact) mass is 261 g/mol. The van der Waals surface area contributed by atoms with Gasteiger partial charge < -0.3 is 14.8 Å². The summed E-state index contributed by atoms with van der Waals surface area (Å²) in [5, 5.41) is 2.78. The molecule has 0 spiro atoms. The summed E-state index contributed by atoms with van der Waals surface area (Å²) in [5.74, 6) is -0.0967. The molecule has 2 heterocycles. The van der Waals surface area contributed by atoms with Crippen LogP contribution in [0, 0.1) is 0 Å². The van der Waals surface area contributed by atoms with Crippen LogP contribution in [0.1, 0.15) is 42.7 Å². The van der Waals surface area contributed by atoms with Gasteiger partial charge in [-0.2, -0.15) is 0 Å². The number of carbonyl (C=O) groups excluding carboxylic acids is 2. The smallest absolute Gasteiger partial charge is 0.271 e. The van der Waals surface area contributed by atoms with Gasteiger partial charge in [-0.05, 0) is 38.3 Å². The summed E-state index contributed by atoms with van der Waals surface area (Å²) in [5.41, 5.74) is 0.714. The molecule has 19 heavy (non-hydrogen) atoms. The van der Waals surface area contributed by atoms with Crippen LogP contribution in [0.2, 0.25) is 0 Å². The molecule has 1 saturated heterocycles. The van der Waals surface area contributed by atoms with Crippen LogP contribution in [-0.4, -0.2) is 40.4 Å². The summed E-state index contributed by atoms with van der Waals surface area (Å²) in [6.07, 6.45) is 5.50. The fourth-order valence-corrected chi connectivity index (χ4v) is 2.77. The van der Waals surface area contributed by atoms with E-state index in [2.05, 4.69) is 9.88 Å². The van der Waals surface area contributed by atoms with Crippen LogP contribution in [-0.2, 0) is 4.79 Å². The van der Waals surface area contributed by atoms with E-state index in [1.807, 2.05) is 18.3 Å². The highest BCUT2D eigenvalue weighted by Crippen LogP contribution is 2.33. The minimum atomic E-state index is -0.383. The van der Waals surface area contributed by atoms with Crippen molar-refractivity contribution in [2.75, 3.05) is 13.1 Å². The van der Waals surface area contributed by atoms with E-state index in [9.17, 15) is 9.59 Å². The molecule has 0 aromatic carbocycles. The van der Waals surface area contributed by atoms with Gasteiger partial charge >= 0.3 is 0 Å². The van der Waals surface area contributed by atoms with Gasteiger partial charge in [-0.25, -0.2) is 0 Å². The first kappa shape index (κ1) is 12.3. The van der Waals surface area contributed by atoms with Crippen LogP contribution < -0.4 is 5.32 Å². The van der Waals surface area contributed by atoms with Gasteiger partial charge in [0.1, 0.15) is 11.7 Å². The quantitative estimate of drug-likeness (QED) is 0.869. The van der Waals surface area contributed by atoms with Gasteiger partial charge in [0.15, 0.2) is 0 Å². The van der Waals surface area contributed by atoms with Crippen LogP contribution in [0.3, 0.4) is 0 Å². The largest absolute Gasteiger partial charge is 0.353 e. The van der Waals surface area contributed by atoms with Crippen molar-refractivity contribution in [1.29, 1.82) is 0 Å². The highest BCUT2D eigenvalue weighted by Gasteiger charge is 2.32. The van der Waals surface area contributed by atoms with E-state index in [0.717, 1.165) is 12.8 Å². The number of amides is 2. The van der Waals surface area contributed by atoms with Crippen molar-refractivity contribution in [1.82, 2.24) is 14.8 Å². The number of nitrogens with one attached hydrogen (secondary N) is 1. The first-order valence-corrected chi connectivity index (χ1v) is 6.94. The van der Waals surface area contributed by atoms with Crippen molar-refractivity contribution < 1.29 is 9.59 Å². The summed E-state index contributed by atoms with van der Waals surface area (Å²) in [7, 11) is 0. The molecule has 0 radical (unpaired) electrons. The van der Waals surface area contributed by atoms with E-state index in [1.165, 1.54) is 6.42 Å². The lowest BCUT2D eigenvalue weighted by atomic mass is 9.93. The van der Waals surface area contributed by atoms with Crippen LogP contribution in [0.25, 0.3) is 0 Å². The molecule has 1 aliphatic heterocycles. The molecule has 3 rings (SSSR count). The Balaban J connectivity index is 1.83. The first-order chi connectivity index (χ1) is 9.18. The maximum Gasteiger partial charge on any atom is 0.271 e. The van der Waals surface area contributed by atoms with E-state index >= 15 is 0 Å². The highest BCUT2D eigenvalue weighted by molar-refractivity contribution is 5.97. The third kappa shape index (κ3) is 2.03. The lowest BCUT2D eigenvalue weighted by Crippen LogP contribution is -2.56. The molecule has 1 saturated carbocycles. The Hall–Kier alpha value is -1.78. The number of aromatic nitrogens is 1. The number of carbonyl (C=O) groups is 2. The van der Waals surface area contributed by atoms with Crippen LogP contribution >= 0.6 is 0 Å². The fraction of sp³-hybridized carbons (Fsp3) is 0.571. The molecule has 1 N–H and O–H groups in total. The number of hydrogen-bond donors (Lipinski definition) is 1. The molecule has 2 amide bonds. The van der Waals surface area contributed by atoms with Gasteiger partial charge in [0.05, 0.1) is 0 Å². The molecule has 102 valence electrons. The maximum atomic E-state index is 12.6. The Morgan fingerprint density at radius 3 is 2.89 bits per heavy atom. The van der Waals surface area contributed by atoms with Gasteiger partial charge in [0.25, 0.3) is 5.91 Å². The van der Waals surface area contributed by atoms with Gasteiger partial charge in [0, 0.05) is 25.3 Å². The molecule has 5 nitrogen and oxygen atoms in total. The van der Waals surface area contributed by atoms with Gasteiger partial charge in [-0.3, -0.25) is 9.59 Å². The Labute approximate surface area is 112 Å². The Bertz CT molecular complexity index is 505. The number of hydrogen-bond acceptors (Lipinski definition) is 2. The molecular weight excluding hydrogens is 242 g/mol. The average molecular weight is 261 g/mol. The minimum Gasteiger partial charge on any atom is -0.353 e. The van der Waals surface area contributed by atoms with E-state index < -0.39 is 0 Å². The molecule has 2 aliphatic rings. The summed E-state index contributed by atoms with van der Waals surface area (Å²) in [4.78, 5) is 25.9. The zero-order valence-electron chi connectivity index (χ0n) is 11.1. The van der Waals surface area contributed by atoms with Gasteiger partial charge in [-0.15, -0.1) is 0 Å². The van der Waals surface area contributed by atoms with Gasteiger partial charge in [0.2, 0.25) is 5.91 Å². The van der Waals surface area contributed by atoms with Crippen molar-refractivity contribution in [2.45, 2.75) is 38.3 Å². The predicted molar refractivity (Wildman–Crippen MR) is 70.8 cm³/mol. The second kappa shape index (κ2) is 4.72. The highest BCUT2D eigenvalue weighted by atomic mass is 16.2. The van der Waals surface area contributed by atoms with Crippen LogP contribution in [0.15, 0.2) is 18.3 Å². The average Bonchev–Trinajstić information content (AvgIpc) is 2.78. The van der Waals surface area contributed by atoms with Crippen molar-refractivity contribution in [3.8, 4) is 0 Å². The SMILES string of the molecule is CC1C(=O)NCCN1C(=O)c1cccn1C1CCC1. The number of piperazine rings is 1. The summed E-state index contributed by atoms with van der Waals surface area (Å²) in [6, 6.07) is 3.86. The predicted octanol–water partition coefficient (Wildman–Crippen LogP) is 1.17. The third-order valence-corrected chi connectivity index (χ3v) is 4.23. The minimum absolute atomic E-state index is 0.0285. The molecule has 5 heteroatoms.